The van der Waals surface area contributed by atoms with Gasteiger partial charge in [-0.05, 0) is 18.1 Å². The molecule has 2 aromatic rings. The minimum atomic E-state index is -0.592. The fraction of sp³-hybridized carbons (Fsp3) is 0.250. The van der Waals surface area contributed by atoms with Crippen LogP contribution in [0.4, 0.5) is 8.78 Å². The highest BCUT2D eigenvalue weighted by Crippen LogP contribution is 2.18. The first-order valence-electron chi connectivity index (χ1n) is 5.49. The number of nitrogens with two attached hydrogens (primary N) is 1. The molecule has 0 aliphatic rings. The Morgan fingerprint density at radius 1 is 1.44 bits per heavy atom. The van der Waals surface area contributed by atoms with Gasteiger partial charge >= 0.3 is 0 Å². The molecule has 1 atom stereocenters. The Morgan fingerprint density at radius 2 is 2.22 bits per heavy atom. The third-order valence-electron chi connectivity index (χ3n) is 2.81. The maximum Gasteiger partial charge on any atom is 0.129 e. The van der Waals surface area contributed by atoms with Crippen molar-refractivity contribution in [3.05, 3.63) is 53.6 Å². The summed E-state index contributed by atoms with van der Waals surface area (Å²) in [5.41, 5.74) is 2.98. The highest BCUT2D eigenvalue weighted by atomic mass is 19.1. The minimum Gasteiger partial charge on any atom is -0.337 e. The Morgan fingerprint density at radius 3 is 2.78 bits per heavy atom. The van der Waals surface area contributed by atoms with E-state index in [0.29, 0.717) is 17.8 Å². The third-order valence-corrected chi connectivity index (χ3v) is 2.81. The van der Waals surface area contributed by atoms with Crippen LogP contribution in [0.1, 0.15) is 17.4 Å². The standard InChI is InChI=1S/C12H14F2N4/c1-18-5-4-16-12(18)11(17-15)6-8-2-3-9(13)7-10(8)14/h2-5,7,11,17H,6,15H2,1H3. The maximum atomic E-state index is 13.6. The predicted octanol–water partition coefficient (Wildman–Crippen LogP) is 1.45. The third kappa shape index (κ3) is 2.55. The smallest absolute Gasteiger partial charge is 0.129 e. The molecule has 96 valence electrons. The molecule has 18 heavy (non-hydrogen) atoms. The molecule has 0 aliphatic carbocycles. The number of halogens is 2. The molecule has 1 aromatic heterocycles. The zero-order chi connectivity index (χ0) is 13.1. The molecule has 0 aliphatic heterocycles. The van der Waals surface area contributed by atoms with Gasteiger partial charge in [0.05, 0.1) is 6.04 Å². The Balaban J connectivity index is 2.23. The second-order valence-corrected chi connectivity index (χ2v) is 4.06. The Kier molecular flexibility index (Phi) is 3.69. The summed E-state index contributed by atoms with van der Waals surface area (Å²) in [6, 6.07) is 3.17. The van der Waals surface area contributed by atoms with Crippen LogP contribution < -0.4 is 11.3 Å². The van der Waals surface area contributed by atoms with Gasteiger partial charge in [-0.2, -0.15) is 0 Å². The van der Waals surface area contributed by atoms with Crippen LogP contribution in [0.3, 0.4) is 0 Å². The lowest BCUT2D eigenvalue weighted by atomic mass is 10.1. The number of hydrogen-bond acceptors (Lipinski definition) is 3. The van der Waals surface area contributed by atoms with Crippen LogP contribution >= 0.6 is 0 Å². The number of nitrogens with one attached hydrogen (secondary N) is 1. The van der Waals surface area contributed by atoms with E-state index in [1.807, 2.05) is 7.05 Å². The summed E-state index contributed by atoms with van der Waals surface area (Å²) in [7, 11) is 1.83. The molecule has 3 N–H and O–H groups in total. The van der Waals surface area contributed by atoms with Gasteiger partial charge in [0.1, 0.15) is 17.5 Å². The Bertz CT molecular complexity index is 539. The summed E-state index contributed by atoms with van der Waals surface area (Å²) in [5, 5.41) is 0. The van der Waals surface area contributed by atoms with E-state index in [4.69, 9.17) is 5.84 Å². The van der Waals surface area contributed by atoms with Gasteiger partial charge in [0.2, 0.25) is 0 Å². The van der Waals surface area contributed by atoms with Crippen LogP contribution in [-0.2, 0) is 13.5 Å². The van der Waals surface area contributed by atoms with Crippen molar-refractivity contribution in [2.75, 3.05) is 0 Å². The molecule has 1 aromatic carbocycles. The number of rotatable bonds is 4. The molecule has 0 fully saturated rings. The zero-order valence-corrected chi connectivity index (χ0v) is 9.90. The summed E-state index contributed by atoms with van der Waals surface area (Å²) in [4.78, 5) is 4.15. The van der Waals surface area contributed by atoms with Gasteiger partial charge in [0, 0.05) is 25.5 Å². The van der Waals surface area contributed by atoms with Crippen molar-refractivity contribution < 1.29 is 8.78 Å². The minimum absolute atomic E-state index is 0.299. The zero-order valence-electron chi connectivity index (χ0n) is 9.90. The highest BCUT2D eigenvalue weighted by Gasteiger charge is 2.17. The molecule has 4 nitrogen and oxygen atoms in total. The number of hydrogen-bond donors (Lipinski definition) is 2. The van der Waals surface area contributed by atoms with Gasteiger partial charge in [-0.3, -0.25) is 5.84 Å². The molecule has 6 heteroatoms. The van der Waals surface area contributed by atoms with Crippen LogP contribution in [0.25, 0.3) is 0 Å². The van der Waals surface area contributed by atoms with Gasteiger partial charge in [0.15, 0.2) is 0 Å². The highest BCUT2D eigenvalue weighted by molar-refractivity contribution is 5.20. The summed E-state index contributed by atoms with van der Waals surface area (Å²) in [6.45, 7) is 0. The van der Waals surface area contributed by atoms with Crippen LogP contribution in [-0.4, -0.2) is 9.55 Å². The summed E-state index contributed by atoms with van der Waals surface area (Å²) in [6.07, 6.45) is 3.72. The fourth-order valence-electron chi connectivity index (χ4n) is 1.84. The second-order valence-electron chi connectivity index (χ2n) is 4.06. The Labute approximate surface area is 103 Å². The van der Waals surface area contributed by atoms with Crippen molar-refractivity contribution in [3.63, 3.8) is 0 Å². The molecular weight excluding hydrogens is 238 g/mol. The molecule has 0 bridgehead atoms. The number of imidazole rings is 1. The molecular formula is C12H14F2N4. The number of benzene rings is 1. The van der Waals surface area contributed by atoms with E-state index >= 15 is 0 Å². The van der Waals surface area contributed by atoms with Crippen molar-refractivity contribution in [3.8, 4) is 0 Å². The van der Waals surface area contributed by atoms with E-state index in [9.17, 15) is 8.78 Å². The van der Waals surface area contributed by atoms with E-state index < -0.39 is 11.6 Å². The summed E-state index contributed by atoms with van der Waals surface area (Å²) in [5.74, 6) is 4.99. The van der Waals surface area contributed by atoms with Gasteiger partial charge in [0.25, 0.3) is 0 Å². The van der Waals surface area contributed by atoms with Crippen LogP contribution in [0.15, 0.2) is 30.6 Å². The predicted molar refractivity (Wildman–Crippen MR) is 63.3 cm³/mol. The largest absolute Gasteiger partial charge is 0.337 e. The lowest BCUT2D eigenvalue weighted by Gasteiger charge is -2.16. The maximum absolute atomic E-state index is 13.6. The van der Waals surface area contributed by atoms with E-state index in [1.165, 1.54) is 12.1 Å². The van der Waals surface area contributed by atoms with E-state index in [2.05, 4.69) is 10.4 Å². The number of aromatic nitrogens is 2. The monoisotopic (exact) mass is 252 g/mol. The normalized spacial score (nSPS) is 12.7. The summed E-state index contributed by atoms with van der Waals surface area (Å²) >= 11 is 0. The average molecular weight is 252 g/mol. The van der Waals surface area contributed by atoms with Crippen LogP contribution in [0.5, 0.6) is 0 Å². The van der Waals surface area contributed by atoms with E-state index in [0.717, 1.165) is 6.07 Å². The molecule has 0 spiro atoms. The summed E-state index contributed by atoms with van der Waals surface area (Å²) < 4.78 is 28.2. The van der Waals surface area contributed by atoms with Gasteiger partial charge < -0.3 is 4.57 Å². The van der Waals surface area contributed by atoms with Crippen molar-refractivity contribution in [2.45, 2.75) is 12.5 Å². The van der Waals surface area contributed by atoms with Gasteiger partial charge in [-0.1, -0.05) is 6.07 Å². The Hall–Kier alpha value is -1.79. The number of aryl methyl sites for hydroxylation is 1. The first kappa shape index (κ1) is 12.7. The van der Waals surface area contributed by atoms with Crippen molar-refractivity contribution in [1.82, 2.24) is 15.0 Å². The molecule has 2 rings (SSSR count). The van der Waals surface area contributed by atoms with E-state index in [1.54, 1.807) is 17.0 Å². The lowest BCUT2D eigenvalue weighted by Crippen LogP contribution is -2.31. The van der Waals surface area contributed by atoms with Gasteiger partial charge in [-0.15, -0.1) is 0 Å². The van der Waals surface area contributed by atoms with Crippen LogP contribution in [0.2, 0.25) is 0 Å². The molecule has 1 unspecified atom stereocenters. The molecule has 0 radical (unpaired) electrons. The van der Waals surface area contributed by atoms with E-state index in [-0.39, 0.29) is 6.04 Å². The molecule has 0 saturated carbocycles. The lowest BCUT2D eigenvalue weighted by molar-refractivity contribution is 0.491. The van der Waals surface area contributed by atoms with Crippen molar-refractivity contribution in [2.24, 2.45) is 12.9 Å². The first-order valence-corrected chi connectivity index (χ1v) is 5.49. The van der Waals surface area contributed by atoms with Gasteiger partial charge in [-0.25, -0.2) is 19.2 Å². The average Bonchev–Trinajstić information content (AvgIpc) is 2.75. The van der Waals surface area contributed by atoms with Crippen molar-refractivity contribution >= 4 is 0 Å². The topological polar surface area (TPSA) is 55.9 Å². The first-order chi connectivity index (χ1) is 8.61. The van der Waals surface area contributed by atoms with Crippen LogP contribution in [0, 0.1) is 11.6 Å². The molecule has 1 heterocycles. The number of nitrogens with zero attached hydrogens (tertiary/aromatic N) is 2. The second kappa shape index (κ2) is 5.24. The quantitative estimate of drug-likeness (QED) is 0.639. The molecule has 0 saturated heterocycles. The van der Waals surface area contributed by atoms with Crippen molar-refractivity contribution in [1.29, 1.82) is 0 Å². The number of hydrazine groups is 1. The SMILES string of the molecule is Cn1ccnc1C(Cc1ccc(F)cc1F)NN. The molecule has 0 amide bonds. The fourth-order valence-corrected chi connectivity index (χ4v) is 1.84.